The van der Waals surface area contributed by atoms with Crippen LogP contribution in [0.15, 0.2) is 30.6 Å². The van der Waals surface area contributed by atoms with Gasteiger partial charge in [0.1, 0.15) is 12.4 Å². The van der Waals surface area contributed by atoms with Gasteiger partial charge in [-0.25, -0.2) is 4.98 Å². The van der Waals surface area contributed by atoms with Crippen molar-refractivity contribution in [3.63, 3.8) is 0 Å². The van der Waals surface area contributed by atoms with E-state index in [1.165, 1.54) is 6.20 Å². The Hall–Kier alpha value is -2.50. The topological polar surface area (TPSA) is 79.5 Å². The minimum Gasteiger partial charge on any atom is -0.493 e. The smallest absolute Gasteiger partial charge is 0.203 e. The molecule has 0 aliphatic heterocycles. The Bertz CT molecular complexity index is 521. The molecule has 0 amide bonds. The summed E-state index contributed by atoms with van der Waals surface area (Å²) in [5.41, 5.74) is 6.14. The number of para-hydroxylation sites is 1. The number of rotatable bonds is 5. The average molecular weight is 261 g/mol. The predicted molar refractivity (Wildman–Crippen MR) is 70.3 cm³/mol. The van der Waals surface area contributed by atoms with Gasteiger partial charge in [0, 0.05) is 0 Å². The van der Waals surface area contributed by atoms with Crippen LogP contribution in [0.5, 0.6) is 17.2 Å². The predicted octanol–water partition coefficient (Wildman–Crippen LogP) is 1.65. The number of ether oxygens (including phenoxy) is 3. The molecule has 0 spiro atoms. The van der Waals surface area contributed by atoms with Crippen LogP contribution in [0.2, 0.25) is 0 Å². The fourth-order valence-electron chi connectivity index (χ4n) is 1.54. The summed E-state index contributed by atoms with van der Waals surface area (Å²) in [5.74, 6) is 2.11. The van der Waals surface area contributed by atoms with Crippen molar-refractivity contribution < 1.29 is 14.2 Å². The highest BCUT2D eigenvalue weighted by Crippen LogP contribution is 2.37. The zero-order chi connectivity index (χ0) is 13.7. The first-order valence-corrected chi connectivity index (χ1v) is 5.64. The summed E-state index contributed by atoms with van der Waals surface area (Å²) in [4.78, 5) is 8.06. The summed E-state index contributed by atoms with van der Waals surface area (Å²) in [7, 11) is 3.15. The van der Waals surface area contributed by atoms with Crippen LogP contribution >= 0.6 is 0 Å². The van der Waals surface area contributed by atoms with Gasteiger partial charge in [0.25, 0.3) is 0 Å². The van der Waals surface area contributed by atoms with E-state index < -0.39 is 0 Å². The number of nitrogens with two attached hydrogens (primary N) is 1. The lowest BCUT2D eigenvalue weighted by atomic mass is 10.3. The molecule has 0 aliphatic rings. The first-order chi connectivity index (χ1) is 9.24. The van der Waals surface area contributed by atoms with Gasteiger partial charge in [0.05, 0.1) is 32.3 Å². The molecule has 0 unspecified atom stereocenters. The summed E-state index contributed by atoms with van der Waals surface area (Å²) in [5, 5.41) is 0. The Morgan fingerprint density at radius 3 is 2.26 bits per heavy atom. The van der Waals surface area contributed by atoms with Crippen molar-refractivity contribution in [1.29, 1.82) is 0 Å². The maximum atomic E-state index is 5.68. The molecular weight excluding hydrogens is 246 g/mol. The summed E-state index contributed by atoms with van der Waals surface area (Å²) in [6, 6.07) is 5.42. The van der Waals surface area contributed by atoms with Crippen molar-refractivity contribution in [2.45, 2.75) is 6.61 Å². The van der Waals surface area contributed by atoms with Gasteiger partial charge in [-0.1, -0.05) is 6.07 Å². The summed E-state index contributed by atoms with van der Waals surface area (Å²) in [6.07, 6.45) is 3.05. The molecule has 6 heteroatoms. The molecule has 0 atom stereocenters. The van der Waals surface area contributed by atoms with Crippen molar-refractivity contribution in [2.75, 3.05) is 20.0 Å². The van der Waals surface area contributed by atoms with Crippen molar-refractivity contribution in [1.82, 2.24) is 9.97 Å². The second-order valence-electron chi connectivity index (χ2n) is 3.71. The molecule has 100 valence electrons. The van der Waals surface area contributed by atoms with Gasteiger partial charge in [-0.05, 0) is 12.1 Å². The first-order valence-electron chi connectivity index (χ1n) is 5.64. The van der Waals surface area contributed by atoms with E-state index in [2.05, 4.69) is 9.97 Å². The molecule has 0 bridgehead atoms. The van der Waals surface area contributed by atoms with Crippen LogP contribution in [0.4, 0.5) is 5.82 Å². The Morgan fingerprint density at radius 1 is 1.05 bits per heavy atom. The molecule has 19 heavy (non-hydrogen) atoms. The van der Waals surface area contributed by atoms with Crippen LogP contribution < -0.4 is 19.9 Å². The van der Waals surface area contributed by atoms with E-state index in [9.17, 15) is 0 Å². The summed E-state index contributed by atoms with van der Waals surface area (Å²) in [6.45, 7) is 0.254. The molecule has 6 nitrogen and oxygen atoms in total. The quantitative estimate of drug-likeness (QED) is 0.881. The van der Waals surface area contributed by atoms with E-state index >= 15 is 0 Å². The molecule has 1 aromatic heterocycles. The molecular formula is C13H15N3O3. The number of nitrogen functional groups attached to an aromatic ring is 1. The van der Waals surface area contributed by atoms with Crippen molar-refractivity contribution in [3.05, 3.63) is 36.3 Å². The third-order valence-corrected chi connectivity index (χ3v) is 2.47. The van der Waals surface area contributed by atoms with Crippen LogP contribution in [0.1, 0.15) is 5.69 Å². The minimum atomic E-state index is 0.254. The van der Waals surface area contributed by atoms with E-state index in [-0.39, 0.29) is 6.61 Å². The molecule has 0 radical (unpaired) electrons. The van der Waals surface area contributed by atoms with Crippen LogP contribution in [-0.4, -0.2) is 24.2 Å². The molecule has 2 aromatic rings. The van der Waals surface area contributed by atoms with E-state index in [1.807, 2.05) is 6.07 Å². The lowest BCUT2D eigenvalue weighted by Crippen LogP contribution is -2.03. The highest BCUT2D eigenvalue weighted by atomic mass is 16.5. The highest BCUT2D eigenvalue weighted by molar-refractivity contribution is 5.51. The minimum absolute atomic E-state index is 0.254. The van der Waals surface area contributed by atoms with Gasteiger partial charge < -0.3 is 19.9 Å². The zero-order valence-corrected chi connectivity index (χ0v) is 10.8. The average Bonchev–Trinajstić information content (AvgIpc) is 2.46. The molecule has 0 fully saturated rings. The van der Waals surface area contributed by atoms with E-state index in [0.717, 1.165) is 0 Å². The third kappa shape index (κ3) is 3.04. The fourth-order valence-corrected chi connectivity index (χ4v) is 1.54. The first kappa shape index (κ1) is 12.9. The maximum Gasteiger partial charge on any atom is 0.203 e. The second-order valence-corrected chi connectivity index (χ2v) is 3.71. The normalized spacial score (nSPS) is 10.0. The van der Waals surface area contributed by atoms with E-state index in [4.69, 9.17) is 19.9 Å². The van der Waals surface area contributed by atoms with Gasteiger partial charge in [-0.2, -0.15) is 0 Å². The summed E-state index contributed by atoms with van der Waals surface area (Å²) < 4.78 is 16.2. The Labute approximate surface area is 111 Å². The SMILES string of the molecule is COc1cccc(OC)c1OCc1cnc(N)cn1. The molecule has 0 saturated heterocycles. The van der Waals surface area contributed by atoms with Gasteiger partial charge in [-0.3, -0.25) is 4.98 Å². The highest BCUT2D eigenvalue weighted by Gasteiger charge is 2.11. The zero-order valence-electron chi connectivity index (χ0n) is 10.8. The summed E-state index contributed by atoms with van der Waals surface area (Å²) >= 11 is 0. The number of methoxy groups -OCH3 is 2. The molecule has 1 heterocycles. The van der Waals surface area contributed by atoms with Crippen LogP contribution in [0.3, 0.4) is 0 Å². The molecule has 0 saturated carbocycles. The number of aromatic nitrogens is 2. The Kier molecular flexibility index (Phi) is 4.02. The van der Waals surface area contributed by atoms with Crippen LogP contribution in [0, 0.1) is 0 Å². The lowest BCUT2D eigenvalue weighted by molar-refractivity contribution is 0.262. The van der Waals surface area contributed by atoms with Crippen molar-refractivity contribution in [2.24, 2.45) is 0 Å². The van der Waals surface area contributed by atoms with Crippen LogP contribution in [-0.2, 0) is 6.61 Å². The lowest BCUT2D eigenvalue weighted by Gasteiger charge is -2.13. The number of anilines is 1. The molecule has 2 rings (SSSR count). The standard InChI is InChI=1S/C13H15N3O3/c1-17-10-4-3-5-11(18-2)13(10)19-8-9-6-16-12(14)7-15-9/h3-7H,8H2,1-2H3,(H2,14,16). The molecule has 0 aliphatic carbocycles. The molecule has 2 N–H and O–H groups in total. The Morgan fingerprint density at radius 2 is 1.74 bits per heavy atom. The molecule has 1 aromatic carbocycles. The van der Waals surface area contributed by atoms with Crippen LogP contribution in [0.25, 0.3) is 0 Å². The number of benzene rings is 1. The largest absolute Gasteiger partial charge is 0.493 e. The van der Waals surface area contributed by atoms with Gasteiger partial charge in [0.15, 0.2) is 11.5 Å². The number of hydrogen-bond donors (Lipinski definition) is 1. The third-order valence-electron chi connectivity index (χ3n) is 2.47. The monoisotopic (exact) mass is 261 g/mol. The van der Waals surface area contributed by atoms with Crippen molar-refractivity contribution >= 4 is 5.82 Å². The Balaban J connectivity index is 2.16. The van der Waals surface area contributed by atoms with Gasteiger partial charge in [0.2, 0.25) is 5.75 Å². The van der Waals surface area contributed by atoms with Crippen molar-refractivity contribution in [3.8, 4) is 17.2 Å². The van der Waals surface area contributed by atoms with E-state index in [1.54, 1.807) is 32.5 Å². The number of nitrogens with zero attached hydrogens (tertiary/aromatic N) is 2. The number of hydrogen-bond acceptors (Lipinski definition) is 6. The maximum absolute atomic E-state index is 5.68. The second kappa shape index (κ2) is 5.90. The fraction of sp³-hybridized carbons (Fsp3) is 0.231. The van der Waals surface area contributed by atoms with Gasteiger partial charge in [-0.15, -0.1) is 0 Å². The van der Waals surface area contributed by atoms with E-state index in [0.29, 0.717) is 28.8 Å². The van der Waals surface area contributed by atoms with Gasteiger partial charge >= 0.3 is 0 Å².